The second-order valence-corrected chi connectivity index (χ2v) is 11.6. The highest BCUT2D eigenvalue weighted by Crippen LogP contribution is 2.36. The van der Waals surface area contributed by atoms with Gasteiger partial charge in [-0.15, -0.1) is 18.3 Å². The molecule has 0 aromatic heterocycles. The summed E-state index contributed by atoms with van der Waals surface area (Å²) in [5.74, 6) is 7.21. The Kier molecular flexibility index (Phi) is 10.4. The summed E-state index contributed by atoms with van der Waals surface area (Å²) in [4.78, 5) is 31.4. The van der Waals surface area contributed by atoms with Crippen LogP contribution >= 0.6 is 12.4 Å². The van der Waals surface area contributed by atoms with E-state index >= 15 is 0 Å². The summed E-state index contributed by atoms with van der Waals surface area (Å²) in [6.45, 7) is 6.14. The first-order valence-corrected chi connectivity index (χ1v) is 14.7. The van der Waals surface area contributed by atoms with Crippen molar-refractivity contribution in [2.45, 2.75) is 83.0 Å². The summed E-state index contributed by atoms with van der Waals surface area (Å²) in [7, 11) is 0. The van der Waals surface area contributed by atoms with Crippen molar-refractivity contribution in [3.05, 3.63) is 59.7 Å². The number of nitrogens with one attached hydrogen (secondary N) is 1. The van der Waals surface area contributed by atoms with E-state index in [1.54, 1.807) is 11.8 Å². The molecule has 2 aliphatic heterocycles. The van der Waals surface area contributed by atoms with Crippen LogP contribution in [0.4, 0.5) is 0 Å². The zero-order chi connectivity index (χ0) is 28.1. The van der Waals surface area contributed by atoms with Gasteiger partial charge in [0.25, 0.3) is 0 Å². The first kappa shape index (κ1) is 30.9. The quantitative estimate of drug-likeness (QED) is 0.459. The molecule has 2 aromatic rings. The number of benzene rings is 2. The van der Waals surface area contributed by atoms with Crippen molar-refractivity contribution in [2.75, 3.05) is 19.6 Å². The van der Waals surface area contributed by atoms with Gasteiger partial charge in [-0.1, -0.05) is 55.0 Å². The Morgan fingerprint density at radius 3 is 2.22 bits per heavy atom. The van der Waals surface area contributed by atoms with Crippen LogP contribution in [-0.2, 0) is 16.1 Å². The molecule has 3 aliphatic rings. The number of rotatable bonds is 7. The predicted molar refractivity (Wildman–Crippen MR) is 162 cm³/mol. The summed E-state index contributed by atoms with van der Waals surface area (Å²) in [5, 5.41) is 14.1. The summed E-state index contributed by atoms with van der Waals surface area (Å²) >= 11 is 0. The second kappa shape index (κ2) is 13.7. The van der Waals surface area contributed by atoms with Gasteiger partial charge >= 0.3 is 0 Å². The van der Waals surface area contributed by atoms with Crippen molar-refractivity contribution in [3.63, 3.8) is 0 Å². The highest BCUT2D eigenvalue weighted by molar-refractivity contribution is 6.00. The van der Waals surface area contributed by atoms with Crippen molar-refractivity contribution in [3.8, 4) is 23.3 Å². The average molecular weight is 580 g/mol. The number of aliphatic hydroxyl groups is 1. The van der Waals surface area contributed by atoms with Crippen LogP contribution in [0, 0.1) is 24.7 Å². The van der Waals surface area contributed by atoms with Crippen LogP contribution in [0.1, 0.15) is 63.0 Å². The molecule has 2 heterocycles. The minimum atomic E-state index is -0.925. The third-order valence-electron chi connectivity index (χ3n) is 8.92. The van der Waals surface area contributed by atoms with E-state index in [4.69, 9.17) is 4.74 Å². The molecule has 2 unspecified atom stereocenters. The Hall–Kier alpha value is -3.05. The van der Waals surface area contributed by atoms with E-state index in [-0.39, 0.29) is 36.7 Å². The molecule has 0 bridgehead atoms. The molecular weight excluding hydrogens is 538 g/mol. The Morgan fingerprint density at radius 1 is 1.00 bits per heavy atom. The van der Waals surface area contributed by atoms with E-state index in [0.29, 0.717) is 25.9 Å². The number of carbonyl (C=O) groups is 2. The van der Waals surface area contributed by atoms with Crippen LogP contribution in [-0.4, -0.2) is 64.0 Å². The normalized spacial score (nSPS) is 21.8. The zero-order valence-corrected chi connectivity index (χ0v) is 24.9. The Labute approximate surface area is 250 Å². The smallest absolute Gasteiger partial charge is 0.249 e. The number of piperidine rings is 1. The number of halogens is 1. The number of aryl methyl sites for hydroxylation is 1. The fraction of sp³-hybridized carbons (Fsp3) is 0.515. The molecule has 8 heteroatoms. The lowest BCUT2D eigenvalue weighted by Crippen LogP contribution is -2.75. The number of aliphatic hydroxyl groups excluding tert-OH is 1. The minimum absolute atomic E-state index is 0. The third kappa shape index (κ3) is 6.89. The molecule has 3 fully saturated rings. The van der Waals surface area contributed by atoms with Crippen molar-refractivity contribution in [1.82, 2.24) is 15.1 Å². The number of piperazine rings is 1. The molecule has 41 heavy (non-hydrogen) atoms. The van der Waals surface area contributed by atoms with Crippen molar-refractivity contribution in [2.24, 2.45) is 5.92 Å². The summed E-state index contributed by atoms with van der Waals surface area (Å²) in [6.07, 6.45) is 5.30. The maximum absolute atomic E-state index is 13.7. The topological polar surface area (TPSA) is 82.1 Å². The zero-order valence-electron chi connectivity index (χ0n) is 24.1. The van der Waals surface area contributed by atoms with E-state index in [1.165, 1.54) is 11.1 Å². The Morgan fingerprint density at radius 2 is 1.61 bits per heavy atom. The third-order valence-corrected chi connectivity index (χ3v) is 8.92. The lowest BCUT2D eigenvalue weighted by atomic mass is 9.78. The molecule has 0 radical (unpaired) electrons. The van der Waals surface area contributed by atoms with Gasteiger partial charge in [0, 0.05) is 19.6 Å². The number of amides is 2. The van der Waals surface area contributed by atoms with Gasteiger partial charge in [-0.25, -0.2) is 0 Å². The van der Waals surface area contributed by atoms with Gasteiger partial charge in [0.1, 0.15) is 23.1 Å². The molecule has 2 atom stereocenters. The lowest BCUT2D eigenvalue weighted by Gasteiger charge is -2.52. The van der Waals surface area contributed by atoms with Gasteiger partial charge in [-0.05, 0) is 75.3 Å². The number of nitrogens with zero attached hydrogens (tertiary/aromatic N) is 2. The minimum Gasteiger partial charge on any atom is -0.457 e. The molecule has 7 nitrogen and oxygen atoms in total. The van der Waals surface area contributed by atoms with Gasteiger partial charge in [0.15, 0.2) is 0 Å². The van der Waals surface area contributed by atoms with Gasteiger partial charge in [-0.3, -0.25) is 14.5 Å². The number of hydrogen-bond acceptors (Lipinski definition) is 5. The summed E-state index contributed by atoms with van der Waals surface area (Å²) < 4.78 is 5.96. The molecule has 5 rings (SSSR count). The average Bonchev–Trinajstić information content (AvgIpc) is 2.98. The highest BCUT2D eigenvalue weighted by atomic mass is 35.5. The molecule has 2 aromatic carbocycles. The Balaban J connectivity index is 0.00000387. The Bertz CT molecular complexity index is 1240. The molecule has 2 N–H and O–H groups in total. The second-order valence-electron chi connectivity index (χ2n) is 11.6. The molecule has 2 saturated heterocycles. The maximum Gasteiger partial charge on any atom is 0.249 e. The number of carbonyl (C=O) groups excluding carboxylic acids is 2. The SMILES string of the molecule is CC#CCN1C(=O)C(C(O)C2CCCCC2)NC(=O)C12CCN(Cc1ccc(Oc3ccc(C)cc3)cc1)CC2.Cl. The van der Waals surface area contributed by atoms with Crippen molar-refractivity contribution < 1.29 is 19.4 Å². The van der Waals surface area contributed by atoms with E-state index in [0.717, 1.165) is 50.1 Å². The predicted octanol–water partition coefficient (Wildman–Crippen LogP) is 4.84. The highest BCUT2D eigenvalue weighted by Gasteiger charge is 2.55. The first-order valence-electron chi connectivity index (χ1n) is 14.7. The van der Waals surface area contributed by atoms with Gasteiger partial charge < -0.3 is 20.1 Å². The molecule has 1 spiro atoms. The number of ether oxygens (including phenoxy) is 1. The first-order chi connectivity index (χ1) is 19.4. The monoisotopic (exact) mass is 579 g/mol. The summed E-state index contributed by atoms with van der Waals surface area (Å²) in [5.41, 5.74) is 1.44. The molecule has 1 saturated carbocycles. The van der Waals surface area contributed by atoms with Crippen molar-refractivity contribution in [1.29, 1.82) is 0 Å². The van der Waals surface area contributed by atoms with Gasteiger partial charge in [0.2, 0.25) is 11.8 Å². The van der Waals surface area contributed by atoms with Crippen LogP contribution < -0.4 is 10.1 Å². The molecular formula is C33H42ClN3O4. The van der Waals surface area contributed by atoms with Crippen LogP contribution in [0.2, 0.25) is 0 Å². The molecule has 220 valence electrons. The molecule has 2 amide bonds. The van der Waals surface area contributed by atoms with Crippen LogP contribution in [0.15, 0.2) is 48.5 Å². The van der Waals surface area contributed by atoms with E-state index in [2.05, 4.69) is 41.1 Å². The molecule has 1 aliphatic carbocycles. The number of hydrogen-bond donors (Lipinski definition) is 2. The van der Waals surface area contributed by atoms with E-state index in [9.17, 15) is 14.7 Å². The summed E-state index contributed by atoms with van der Waals surface area (Å²) in [6, 6.07) is 15.2. The van der Waals surface area contributed by atoms with Crippen LogP contribution in [0.3, 0.4) is 0 Å². The lowest BCUT2D eigenvalue weighted by molar-refractivity contribution is -0.164. The standard InChI is InChI=1S/C33H41N3O4.ClH/c1-3-4-20-36-31(38)29(30(37)26-8-6-5-7-9-26)34-32(39)33(36)18-21-35(22-19-33)23-25-12-16-28(17-13-25)40-27-14-10-24(2)11-15-27;/h10-17,26,29-30,37H,5-9,18-23H2,1-2H3,(H,34,39);1H. The van der Waals surface area contributed by atoms with Crippen molar-refractivity contribution >= 4 is 24.2 Å². The van der Waals surface area contributed by atoms with Crippen LogP contribution in [0.5, 0.6) is 11.5 Å². The fourth-order valence-electron chi connectivity index (χ4n) is 6.45. The maximum atomic E-state index is 13.7. The van der Waals surface area contributed by atoms with E-state index in [1.807, 2.05) is 36.4 Å². The van der Waals surface area contributed by atoms with E-state index < -0.39 is 17.7 Å². The fourth-order valence-corrected chi connectivity index (χ4v) is 6.45. The van der Waals surface area contributed by atoms with Gasteiger partial charge in [-0.2, -0.15) is 0 Å². The number of likely N-dealkylation sites (tertiary alicyclic amines) is 1. The largest absolute Gasteiger partial charge is 0.457 e. The van der Waals surface area contributed by atoms with Gasteiger partial charge in [0.05, 0.1) is 12.6 Å². The van der Waals surface area contributed by atoms with Crippen LogP contribution in [0.25, 0.3) is 0 Å².